The molecule has 7 nitrogen and oxygen atoms in total. The van der Waals surface area contributed by atoms with E-state index in [1.807, 2.05) is 0 Å². The highest BCUT2D eigenvalue weighted by Gasteiger charge is 2.17. The van der Waals surface area contributed by atoms with Crippen molar-refractivity contribution >= 4 is 21.5 Å². The number of nitrogens with one attached hydrogen (secondary N) is 1. The number of nitro groups is 1. The lowest BCUT2D eigenvalue weighted by Gasteiger charge is -2.10. The van der Waals surface area contributed by atoms with Crippen molar-refractivity contribution in [2.45, 2.75) is 4.90 Å². The Balaban J connectivity index is 2.28. The molecular weight excluding hydrogens is 306 g/mol. The van der Waals surface area contributed by atoms with Crippen LogP contribution in [0.3, 0.4) is 0 Å². The molecule has 0 bridgehead atoms. The van der Waals surface area contributed by atoms with Gasteiger partial charge in [-0.1, -0.05) is 18.2 Å². The van der Waals surface area contributed by atoms with Crippen molar-refractivity contribution in [3.8, 4) is 0 Å². The summed E-state index contributed by atoms with van der Waals surface area (Å²) in [5.41, 5.74) is 0.359. The molecule has 0 heterocycles. The third-order valence-corrected chi connectivity index (χ3v) is 4.21. The summed E-state index contributed by atoms with van der Waals surface area (Å²) in [6.45, 7) is 0. The minimum absolute atomic E-state index is 0.0786. The fraction of sp³-hybridized carbons (Fsp3) is 0.0714. The van der Waals surface area contributed by atoms with Gasteiger partial charge in [0, 0.05) is 24.7 Å². The molecule has 0 amide bonds. The lowest BCUT2D eigenvalue weighted by molar-refractivity contribution is -0.384. The van der Waals surface area contributed by atoms with Gasteiger partial charge in [-0.25, -0.2) is 8.42 Å². The normalized spacial score (nSPS) is 12.0. The summed E-state index contributed by atoms with van der Waals surface area (Å²) < 4.78 is 26.9. The van der Waals surface area contributed by atoms with Gasteiger partial charge in [0.25, 0.3) is 15.7 Å². The number of hydrogen-bond donors (Lipinski definition) is 1. The number of nitro benzene ring substituents is 1. The largest absolute Gasteiger partial charge is 0.271 e. The molecule has 2 aromatic carbocycles. The van der Waals surface area contributed by atoms with E-state index in [0.29, 0.717) is 5.56 Å². The Kier molecular flexibility index (Phi) is 4.52. The van der Waals surface area contributed by atoms with Gasteiger partial charge < -0.3 is 0 Å². The van der Waals surface area contributed by atoms with Crippen molar-refractivity contribution in [3.05, 3.63) is 70.3 Å². The summed E-state index contributed by atoms with van der Waals surface area (Å²) in [4.78, 5) is 14.1. The quantitative estimate of drug-likeness (QED) is 0.403. The predicted octanol–water partition coefficient (Wildman–Crippen LogP) is 1.95. The first-order valence-corrected chi connectivity index (χ1v) is 7.72. The van der Waals surface area contributed by atoms with Gasteiger partial charge in [-0.15, -0.1) is 0 Å². The number of sulfonamides is 1. The van der Waals surface area contributed by atoms with Gasteiger partial charge in [0.1, 0.15) is 5.84 Å². The molecule has 0 unspecified atom stereocenters. The smallest absolute Gasteiger partial charge is 0.269 e. The van der Waals surface area contributed by atoms with Crippen molar-refractivity contribution in [2.24, 2.45) is 4.99 Å². The number of hydrogen-bond acceptors (Lipinski definition) is 5. The number of nitrogens with zero attached hydrogens (tertiary/aromatic N) is 2. The van der Waals surface area contributed by atoms with E-state index in [-0.39, 0.29) is 16.4 Å². The number of non-ortho nitro benzene ring substituents is 1. The van der Waals surface area contributed by atoms with Crippen LogP contribution in [0.2, 0.25) is 0 Å². The van der Waals surface area contributed by atoms with Gasteiger partial charge in [-0.05, 0) is 24.3 Å². The van der Waals surface area contributed by atoms with Crippen LogP contribution in [-0.4, -0.2) is 26.2 Å². The summed E-state index contributed by atoms with van der Waals surface area (Å²) in [6, 6.07) is 13.3. The summed E-state index contributed by atoms with van der Waals surface area (Å²) >= 11 is 0. The van der Waals surface area contributed by atoms with E-state index in [4.69, 9.17) is 0 Å². The lowest BCUT2D eigenvalue weighted by Crippen LogP contribution is -2.31. The van der Waals surface area contributed by atoms with Crippen molar-refractivity contribution < 1.29 is 13.3 Å². The van der Waals surface area contributed by atoms with E-state index in [9.17, 15) is 18.5 Å². The first kappa shape index (κ1) is 15.6. The van der Waals surface area contributed by atoms with Crippen LogP contribution in [0.5, 0.6) is 0 Å². The molecule has 0 saturated heterocycles. The molecule has 22 heavy (non-hydrogen) atoms. The maximum atomic E-state index is 12.2. The van der Waals surface area contributed by atoms with E-state index in [0.717, 1.165) is 0 Å². The third kappa shape index (κ3) is 3.47. The Labute approximate surface area is 127 Å². The van der Waals surface area contributed by atoms with Gasteiger partial charge in [0.15, 0.2) is 0 Å². The average molecular weight is 319 g/mol. The highest BCUT2D eigenvalue weighted by atomic mass is 32.2. The molecule has 0 atom stereocenters. The fourth-order valence-electron chi connectivity index (χ4n) is 1.76. The summed E-state index contributed by atoms with van der Waals surface area (Å²) in [7, 11) is -2.33. The molecule has 0 fully saturated rings. The van der Waals surface area contributed by atoms with E-state index in [2.05, 4.69) is 9.71 Å². The van der Waals surface area contributed by atoms with Gasteiger partial charge in [0.05, 0.1) is 9.82 Å². The maximum absolute atomic E-state index is 12.2. The monoisotopic (exact) mass is 319 g/mol. The fourth-order valence-corrected chi connectivity index (χ4v) is 2.86. The minimum atomic E-state index is -3.76. The van der Waals surface area contributed by atoms with Crippen LogP contribution in [0, 0.1) is 10.1 Å². The molecule has 0 saturated carbocycles. The number of benzene rings is 2. The van der Waals surface area contributed by atoms with Crippen molar-refractivity contribution in [2.75, 3.05) is 7.05 Å². The predicted molar refractivity (Wildman–Crippen MR) is 82.3 cm³/mol. The van der Waals surface area contributed by atoms with Crippen LogP contribution in [0.4, 0.5) is 5.69 Å². The Hall–Kier alpha value is -2.74. The minimum Gasteiger partial charge on any atom is -0.271 e. The summed E-state index contributed by atoms with van der Waals surface area (Å²) in [5, 5.41) is 10.6. The van der Waals surface area contributed by atoms with Crippen LogP contribution in [-0.2, 0) is 10.0 Å². The Morgan fingerprint density at radius 3 is 2.18 bits per heavy atom. The van der Waals surface area contributed by atoms with E-state index >= 15 is 0 Å². The van der Waals surface area contributed by atoms with Gasteiger partial charge in [0.2, 0.25) is 0 Å². The van der Waals surface area contributed by atoms with E-state index in [1.54, 1.807) is 18.2 Å². The molecule has 0 aromatic heterocycles. The van der Waals surface area contributed by atoms with Crippen LogP contribution in [0.15, 0.2) is 64.5 Å². The zero-order valence-electron chi connectivity index (χ0n) is 11.6. The Morgan fingerprint density at radius 2 is 1.68 bits per heavy atom. The Morgan fingerprint density at radius 1 is 1.09 bits per heavy atom. The average Bonchev–Trinajstić information content (AvgIpc) is 2.53. The second-order valence-electron chi connectivity index (χ2n) is 4.29. The van der Waals surface area contributed by atoms with E-state index in [1.165, 1.54) is 43.4 Å². The third-order valence-electron chi connectivity index (χ3n) is 2.86. The first-order chi connectivity index (χ1) is 10.4. The highest BCUT2D eigenvalue weighted by Crippen LogP contribution is 2.14. The highest BCUT2D eigenvalue weighted by molar-refractivity contribution is 7.90. The van der Waals surface area contributed by atoms with Gasteiger partial charge >= 0.3 is 0 Å². The molecule has 0 spiro atoms. The number of aliphatic imine (C=N–C) groups is 1. The molecule has 0 aliphatic carbocycles. The number of amidine groups is 1. The second-order valence-corrected chi connectivity index (χ2v) is 5.98. The molecule has 2 aromatic rings. The molecule has 2 rings (SSSR count). The lowest BCUT2D eigenvalue weighted by atomic mass is 10.2. The topological polar surface area (TPSA) is 102 Å². The zero-order chi connectivity index (χ0) is 16.2. The summed E-state index contributed by atoms with van der Waals surface area (Å²) in [6.07, 6.45) is 0. The van der Waals surface area contributed by atoms with Gasteiger partial charge in [-0.2, -0.15) is 0 Å². The molecule has 0 aliphatic heterocycles. The van der Waals surface area contributed by atoms with E-state index < -0.39 is 14.9 Å². The molecule has 0 aliphatic rings. The molecule has 8 heteroatoms. The maximum Gasteiger partial charge on any atom is 0.269 e. The van der Waals surface area contributed by atoms with Crippen LogP contribution in [0.25, 0.3) is 0 Å². The van der Waals surface area contributed by atoms with Gasteiger partial charge in [-0.3, -0.25) is 19.8 Å². The van der Waals surface area contributed by atoms with Crippen molar-refractivity contribution in [3.63, 3.8) is 0 Å². The second kappa shape index (κ2) is 6.35. The number of rotatable bonds is 4. The standard InChI is InChI=1S/C14H13N3O4S/c1-15-14(11-7-9-12(10-8-11)17(18)19)16-22(20,21)13-5-3-2-4-6-13/h2-10H,1H3,(H,15,16). The molecule has 0 radical (unpaired) electrons. The summed E-state index contributed by atoms with van der Waals surface area (Å²) in [5.74, 6) is 0.110. The molecular formula is C14H13N3O4S. The Bertz CT molecular complexity index is 800. The van der Waals surface area contributed by atoms with Crippen LogP contribution in [0.1, 0.15) is 5.56 Å². The molecule has 114 valence electrons. The first-order valence-electron chi connectivity index (χ1n) is 6.23. The SMILES string of the molecule is CN=C(NS(=O)(=O)c1ccccc1)c1ccc([N+](=O)[O-])cc1. The molecule has 1 N–H and O–H groups in total. The van der Waals surface area contributed by atoms with Crippen molar-refractivity contribution in [1.29, 1.82) is 0 Å². The van der Waals surface area contributed by atoms with Crippen molar-refractivity contribution in [1.82, 2.24) is 4.72 Å². The van der Waals surface area contributed by atoms with Crippen LogP contribution >= 0.6 is 0 Å². The zero-order valence-corrected chi connectivity index (χ0v) is 12.4. The van der Waals surface area contributed by atoms with Crippen LogP contribution < -0.4 is 4.72 Å².